The first-order valence-electron chi connectivity index (χ1n) is 27.0. The summed E-state index contributed by atoms with van der Waals surface area (Å²) in [6.07, 6.45) is 62.4. The second-order valence-corrected chi connectivity index (χ2v) is 19.1. The van der Waals surface area contributed by atoms with Crippen LogP contribution in [-0.2, 0) is 28.6 Å². The van der Waals surface area contributed by atoms with E-state index in [9.17, 15) is 19.5 Å². The molecule has 8 heteroatoms. The predicted octanol–water partition coefficient (Wildman–Crippen LogP) is 15.9. The maximum Gasteiger partial charge on any atom is 0.362 e. The first-order chi connectivity index (χ1) is 32.1. The van der Waals surface area contributed by atoms with Gasteiger partial charge in [0.15, 0.2) is 12.1 Å². The minimum atomic E-state index is -0.879. The van der Waals surface area contributed by atoms with Crippen molar-refractivity contribution >= 4 is 17.9 Å². The van der Waals surface area contributed by atoms with Crippen LogP contribution in [0, 0.1) is 0 Å². The van der Waals surface area contributed by atoms with Gasteiger partial charge in [0.1, 0.15) is 6.61 Å². The quantitative estimate of drug-likeness (QED) is 0.0281. The summed E-state index contributed by atoms with van der Waals surface area (Å²) < 4.78 is 17.4. The lowest BCUT2D eigenvalue weighted by Crippen LogP contribution is -2.50. The van der Waals surface area contributed by atoms with Crippen LogP contribution in [-0.4, -0.2) is 80.6 Å². The molecule has 0 aromatic carbocycles. The van der Waals surface area contributed by atoms with Gasteiger partial charge >= 0.3 is 17.9 Å². The van der Waals surface area contributed by atoms with Crippen LogP contribution >= 0.6 is 0 Å². The lowest BCUT2D eigenvalue weighted by molar-refractivity contribution is -0.887. The second-order valence-electron chi connectivity index (χ2n) is 19.1. The van der Waals surface area contributed by atoms with E-state index in [0.29, 0.717) is 19.3 Å². The zero-order valence-corrected chi connectivity index (χ0v) is 43.4. The number of unbranched alkanes of at least 4 members (excludes halogenated alkanes) is 22. The Morgan fingerprint density at radius 3 is 1.27 bits per heavy atom. The Bertz CT molecular complexity index is 1310. The number of quaternary nitrogens is 1. The Morgan fingerprint density at radius 1 is 0.470 bits per heavy atom. The number of carbonyl (C=O) groups is 3. The summed E-state index contributed by atoms with van der Waals surface area (Å²) in [7, 11) is 5.53. The Labute approximate surface area is 406 Å². The molecule has 0 radical (unpaired) electrons. The normalized spacial score (nSPS) is 13.4. The van der Waals surface area contributed by atoms with Crippen LogP contribution in [0.25, 0.3) is 0 Å². The van der Waals surface area contributed by atoms with E-state index in [1.165, 1.54) is 109 Å². The van der Waals surface area contributed by atoms with Gasteiger partial charge in [0, 0.05) is 19.3 Å². The molecular weight excluding hydrogens is 823 g/mol. The molecule has 0 aliphatic carbocycles. The van der Waals surface area contributed by atoms with Gasteiger partial charge < -0.3 is 23.8 Å². The van der Waals surface area contributed by atoms with E-state index < -0.39 is 18.1 Å². The average molecular weight is 925 g/mol. The van der Waals surface area contributed by atoms with Gasteiger partial charge in [0.25, 0.3) is 0 Å². The number of carboxylic acid groups (broad SMARTS) is 1. The highest BCUT2D eigenvalue weighted by Crippen LogP contribution is 2.15. The highest BCUT2D eigenvalue weighted by atomic mass is 16.6. The maximum atomic E-state index is 12.8. The highest BCUT2D eigenvalue weighted by Gasteiger charge is 2.31. The number of carbonyl (C=O) groups excluding carboxylic acids is 2. The number of esters is 2. The van der Waals surface area contributed by atoms with Gasteiger partial charge in [-0.15, -0.1) is 0 Å². The molecule has 0 aliphatic rings. The topological polar surface area (TPSA) is 99.1 Å². The van der Waals surface area contributed by atoms with Gasteiger partial charge in [0.05, 0.1) is 34.4 Å². The highest BCUT2D eigenvalue weighted by molar-refractivity contribution is 5.72. The number of likely N-dealkylation sites (N-methyl/N-ethyl adjacent to an activating group) is 1. The summed E-state index contributed by atoms with van der Waals surface area (Å²) in [6, 6.07) is -0.622. The summed E-state index contributed by atoms with van der Waals surface area (Å²) in [5.74, 6) is -1.49. The van der Waals surface area contributed by atoms with Gasteiger partial charge in [-0.05, 0) is 83.5 Å². The molecule has 0 fully saturated rings. The van der Waals surface area contributed by atoms with Crippen molar-refractivity contribution in [2.45, 2.75) is 238 Å². The van der Waals surface area contributed by atoms with Crippen LogP contribution in [0.5, 0.6) is 0 Å². The van der Waals surface area contributed by atoms with Crippen molar-refractivity contribution in [1.29, 1.82) is 0 Å². The van der Waals surface area contributed by atoms with Gasteiger partial charge in [-0.2, -0.15) is 0 Å². The molecule has 0 amide bonds. The van der Waals surface area contributed by atoms with E-state index >= 15 is 0 Å². The Morgan fingerprint density at radius 2 is 0.848 bits per heavy atom. The molecule has 0 rings (SSSR count). The smallest absolute Gasteiger partial charge is 0.362 e. The zero-order valence-electron chi connectivity index (χ0n) is 43.4. The number of allylic oxidation sites excluding steroid dienone is 12. The second kappa shape index (κ2) is 48.2. The van der Waals surface area contributed by atoms with Crippen molar-refractivity contribution in [2.24, 2.45) is 0 Å². The molecule has 0 aromatic heterocycles. The molecule has 2 unspecified atom stereocenters. The number of hydrogen-bond donors (Lipinski definition) is 1. The lowest BCUT2D eigenvalue weighted by atomic mass is 10.1. The number of hydrogen-bond acceptors (Lipinski definition) is 6. The van der Waals surface area contributed by atoms with E-state index in [4.69, 9.17) is 14.2 Å². The van der Waals surface area contributed by atoms with Crippen LogP contribution in [0.1, 0.15) is 226 Å². The van der Waals surface area contributed by atoms with Crippen molar-refractivity contribution < 1.29 is 38.2 Å². The van der Waals surface area contributed by atoms with Crippen molar-refractivity contribution in [1.82, 2.24) is 0 Å². The fraction of sp³-hybridized carbons (Fsp3) is 0.741. The summed E-state index contributed by atoms with van der Waals surface area (Å²) in [5.41, 5.74) is 0. The van der Waals surface area contributed by atoms with Crippen LogP contribution in [0.4, 0.5) is 0 Å². The number of carboxylic acids is 1. The van der Waals surface area contributed by atoms with E-state index in [1.807, 2.05) is 21.1 Å². The summed E-state index contributed by atoms with van der Waals surface area (Å²) in [6.45, 7) is 4.62. The molecule has 0 heterocycles. The van der Waals surface area contributed by atoms with E-state index in [0.717, 1.165) is 83.5 Å². The standard InChI is InChI=1S/C58H101NO7/c1-6-8-10-12-14-16-18-20-22-24-26-28-29-31-33-35-37-39-41-43-45-47-49-57(61)66-54(52-64-51-50-55(58(62)63)59(3,4)5)53-65-56(60)48-46-44-42-40-38-36-34-32-30-27-25-23-21-19-17-15-13-11-9-7-2/h8,10,14,16,20,22,26-28,30-31,33,54-55H,6-7,9,11-13,15,17-19,21,23-25,29,32,34-53H2,1-5H3/p+1/b10-8+,16-14+,22-20+,28-26+,30-27+,33-31+. The molecule has 66 heavy (non-hydrogen) atoms. The largest absolute Gasteiger partial charge is 0.477 e. The molecule has 0 bridgehead atoms. The molecule has 0 aliphatic heterocycles. The SMILES string of the molecule is CC/C=C/C/C=C/C/C=C/C/C=C/C/C=C/CCCCCCCCC(=O)OC(COCCC(C(=O)O)[N+](C)(C)C)COC(=O)CCCCCCCCC/C=C/CCCCCCCCCCC. The predicted molar refractivity (Wildman–Crippen MR) is 280 cm³/mol. The fourth-order valence-corrected chi connectivity index (χ4v) is 7.70. The van der Waals surface area contributed by atoms with E-state index in [2.05, 4.69) is 86.8 Å². The van der Waals surface area contributed by atoms with Crippen molar-refractivity contribution in [3.8, 4) is 0 Å². The van der Waals surface area contributed by atoms with Crippen molar-refractivity contribution in [3.05, 3.63) is 72.9 Å². The minimum absolute atomic E-state index is 0.0511. The molecule has 0 saturated carbocycles. The third kappa shape index (κ3) is 45.9. The van der Waals surface area contributed by atoms with Crippen molar-refractivity contribution in [2.75, 3.05) is 41.0 Å². The Hall–Kier alpha value is -3.23. The number of rotatable bonds is 48. The molecule has 1 N–H and O–H groups in total. The molecule has 0 spiro atoms. The van der Waals surface area contributed by atoms with Crippen LogP contribution in [0.3, 0.4) is 0 Å². The number of ether oxygens (including phenoxy) is 3. The molecule has 0 saturated heterocycles. The molecule has 2 atom stereocenters. The van der Waals surface area contributed by atoms with Gasteiger partial charge in [0.2, 0.25) is 0 Å². The number of aliphatic carboxylic acids is 1. The summed E-state index contributed by atoms with van der Waals surface area (Å²) >= 11 is 0. The van der Waals surface area contributed by atoms with Crippen LogP contribution in [0.15, 0.2) is 72.9 Å². The van der Waals surface area contributed by atoms with Crippen LogP contribution in [0.2, 0.25) is 0 Å². The van der Waals surface area contributed by atoms with Crippen molar-refractivity contribution in [3.63, 3.8) is 0 Å². The first kappa shape index (κ1) is 62.8. The molecule has 8 nitrogen and oxygen atoms in total. The first-order valence-corrected chi connectivity index (χ1v) is 27.0. The van der Waals surface area contributed by atoms with E-state index in [-0.39, 0.29) is 36.2 Å². The maximum absolute atomic E-state index is 12.8. The monoisotopic (exact) mass is 925 g/mol. The minimum Gasteiger partial charge on any atom is -0.477 e. The lowest BCUT2D eigenvalue weighted by Gasteiger charge is -2.31. The zero-order chi connectivity index (χ0) is 48.4. The average Bonchev–Trinajstić information content (AvgIpc) is 3.28. The summed E-state index contributed by atoms with van der Waals surface area (Å²) in [5, 5.41) is 9.67. The third-order valence-corrected chi connectivity index (χ3v) is 11.8. The van der Waals surface area contributed by atoms with Crippen LogP contribution < -0.4 is 0 Å². The number of nitrogens with zero attached hydrogens (tertiary/aromatic N) is 1. The fourth-order valence-electron chi connectivity index (χ4n) is 7.70. The Balaban J connectivity index is 4.27. The van der Waals surface area contributed by atoms with Gasteiger partial charge in [-0.1, -0.05) is 196 Å². The molecular formula is C58H102NO7+. The summed E-state index contributed by atoms with van der Waals surface area (Å²) in [4.78, 5) is 37.2. The van der Waals surface area contributed by atoms with E-state index in [1.54, 1.807) is 0 Å². The molecule has 0 aromatic rings. The third-order valence-electron chi connectivity index (χ3n) is 11.8. The van der Waals surface area contributed by atoms with Gasteiger partial charge in [-0.3, -0.25) is 9.59 Å². The Kier molecular flexibility index (Phi) is 45.9. The van der Waals surface area contributed by atoms with Gasteiger partial charge in [-0.25, -0.2) is 4.79 Å². The molecule has 380 valence electrons.